The first-order valence-electron chi connectivity index (χ1n) is 6.28. The molecule has 98 valence electrons. The minimum atomic E-state index is -0.435. The number of hydrogen-bond donors (Lipinski definition) is 2. The van der Waals surface area contributed by atoms with Crippen molar-refractivity contribution >= 4 is 11.6 Å². The maximum absolute atomic E-state index is 11.1. The fourth-order valence-corrected chi connectivity index (χ4v) is 2.49. The summed E-state index contributed by atoms with van der Waals surface area (Å²) in [4.78, 5) is 13.4. The molecular weight excluding hydrogens is 226 g/mol. The largest absolute Gasteiger partial charge is 0.398 e. The Labute approximate surface area is 108 Å². The minimum Gasteiger partial charge on any atom is -0.398 e. The number of likely N-dealkylation sites (tertiary alicyclic amines) is 1. The summed E-state index contributed by atoms with van der Waals surface area (Å²) in [6, 6.07) is 5.31. The van der Waals surface area contributed by atoms with E-state index in [0.717, 1.165) is 25.2 Å². The molecule has 0 radical (unpaired) electrons. The van der Waals surface area contributed by atoms with Crippen LogP contribution in [-0.2, 0) is 6.54 Å². The van der Waals surface area contributed by atoms with Gasteiger partial charge in [-0.05, 0) is 36.1 Å². The Bertz CT molecular complexity index is 468. The quantitative estimate of drug-likeness (QED) is 0.797. The molecule has 0 atom stereocenters. The van der Waals surface area contributed by atoms with E-state index in [2.05, 4.69) is 18.7 Å². The molecule has 1 aliphatic rings. The van der Waals surface area contributed by atoms with Crippen LogP contribution in [0.4, 0.5) is 5.69 Å². The van der Waals surface area contributed by atoms with Gasteiger partial charge in [0, 0.05) is 24.3 Å². The zero-order chi connectivity index (χ0) is 13.3. The molecule has 4 N–H and O–H groups in total. The van der Waals surface area contributed by atoms with Crippen LogP contribution in [0.15, 0.2) is 18.2 Å². The molecule has 1 aromatic rings. The van der Waals surface area contributed by atoms with Gasteiger partial charge in [-0.2, -0.15) is 0 Å². The molecule has 4 heteroatoms. The van der Waals surface area contributed by atoms with Crippen LogP contribution in [0.5, 0.6) is 0 Å². The third-order valence-electron chi connectivity index (χ3n) is 3.58. The SMILES string of the molecule is CC1(C)CCN(Cc2ccc(C(N)=O)cc2N)C1. The van der Waals surface area contributed by atoms with E-state index in [-0.39, 0.29) is 0 Å². The number of nitrogens with zero attached hydrogens (tertiary/aromatic N) is 1. The van der Waals surface area contributed by atoms with Crippen molar-refractivity contribution < 1.29 is 4.79 Å². The molecular formula is C14H21N3O. The number of nitrogen functional groups attached to an aromatic ring is 1. The molecule has 1 aromatic carbocycles. The van der Waals surface area contributed by atoms with Crippen molar-refractivity contribution in [1.29, 1.82) is 0 Å². The highest BCUT2D eigenvalue weighted by atomic mass is 16.1. The average molecular weight is 247 g/mol. The molecule has 1 saturated heterocycles. The minimum absolute atomic E-state index is 0.391. The summed E-state index contributed by atoms with van der Waals surface area (Å²) >= 11 is 0. The van der Waals surface area contributed by atoms with Gasteiger partial charge in [0.2, 0.25) is 5.91 Å². The monoisotopic (exact) mass is 247 g/mol. The molecule has 18 heavy (non-hydrogen) atoms. The van der Waals surface area contributed by atoms with E-state index in [1.807, 2.05) is 6.07 Å². The normalized spacial score (nSPS) is 19.0. The van der Waals surface area contributed by atoms with Crippen LogP contribution < -0.4 is 11.5 Å². The number of anilines is 1. The molecule has 1 amide bonds. The topological polar surface area (TPSA) is 72.3 Å². The number of carbonyl (C=O) groups excluding carboxylic acids is 1. The van der Waals surface area contributed by atoms with Crippen LogP contribution in [0.2, 0.25) is 0 Å². The number of carbonyl (C=O) groups is 1. The number of primary amides is 1. The van der Waals surface area contributed by atoms with Gasteiger partial charge in [-0.1, -0.05) is 19.9 Å². The van der Waals surface area contributed by atoms with Crippen LogP contribution in [0.1, 0.15) is 36.2 Å². The first kappa shape index (κ1) is 12.9. The van der Waals surface area contributed by atoms with Gasteiger partial charge < -0.3 is 11.5 Å². The molecule has 2 rings (SSSR count). The third-order valence-corrected chi connectivity index (χ3v) is 3.58. The van der Waals surface area contributed by atoms with Crippen LogP contribution in [0, 0.1) is 5.41 Å². The highest BCUT2D eigenvalue weighted by Gasteiger charge is 2.29. The summed E-state index contributed by atoms with van der Waals surface area (Å²) in [5, 5.41) is 0. The zero-order valence-electron chi connectivity index (χ0n) is 11.1. The average Bonchev–Trinajstić information content (AvgIpc) is 2.61. The molecule has 1 aliphatic heterocycles. The summed E-state index contributed by atoms with van der Waals surface area (Å²) in [5.41, 5.74) is 13.8. The van der Waals surface area contributed by atoms with E-state index < -0.39 is 5.91 Å². The molecule has 4 nitrogen and oxygen atoms in total. The maximum Gasteiger partial charge on any atom is 0.248 e. The number of nitrogens with two attached hydrogens (primary N) is 2. The predicted octanol–water partition coefficient (Wildman–Crippen LogP) is 1.60. The van der Waals surface area contributed by atoms with Gasteiger partial charge in [-0.15, -0.1) is 0 Å². The Morgan fingerprint density at radius 1 is 1.44 bits per heavy atom. The highest BCUT2D eigenvalue weighted by molar-refractivity contribution is 5.93. The fourth-order valence-electron chi connectivity index (χ4n) is 2.49. The van der Waals surface area contributed by atoms with Crippen LogP contribution in [-0.4, -0.2) is 23.9 Å². The number of rotatable bonds is 3. The fraction of sp³-hybridized carbons (Fsp3) is 0.500. The van der Waals surface area contributed by atoms with Gasteiger partial charge in [-0.3, -0.25) is 9.69 Å². The Kier molecular flexibility index (Phi) is 3.30. The Balaban J connectivity index is 2.09. The summed E-state index contributed by atoms with van der Waals surface area (Å²) < 4.78 is 0. The lowest BCUT2D eigenvalue weighted by Gasteiger charge is -2.20. The van der Waals surface area contributed by atoms with Gasteiger partial charge in [0.15, 0.2) is 0 Å². The summed E-state index contributed by atoms with van der Waals surface area (Å²) in [6.07, 6.45) is 1.21. The van der Waals surface area contributed by atoms with Gasteiger partial charge in [-0.25, -0.2) is 0 Å². The lowest BCUT2D eigenvalue weighted by atomic mass is 9.93. The first-order valence-corrected chi connectivity index (χ1v) is 6.28. The van der Waals surface area contributed by atoms with Crippen molar-refractivity contribution in [1.82, 2.24) is 4.90 Å². The van der Waals surface area contributed by atoms with E-state index in [4.69, 9.17) is 11.5 Å². The second kappa shape index (κ2) is 4.61. The van der Waals surface area contributed by atoms with Crippen molar-refractivity contribution in [3.8, 4) is 0 Å². The van der Waals surface area contributed by atoms with Crippen LogP contribution >= 0.6 is 0 Å². The van der Waals surface area contributed by atoms with Crippen molar-refractivity contribution in [2.24, 2.45) is 11.1 Å². The molecule has 0 unspecified atom stereocenters. The second-order valence-corrected chi connectivity index (χ2v) is 5.90. The summed E-state index contributed by atoms with van der Waals surface area (Å²) in [6.45, 7) is 7.60. The van der Waals surface area contributed by atoms with Crippen LogP contribution in [0.25, 0.3) is 0 Å². The van der Waals surface area contributed by atoms with Gasteiger partial charge >= 0.3 is 0 Å². The molecule has 0 aliphatic carbocycles. The first-order chi connectivity index (χ1) is 8.37. The van der Waals surface area contributed by atoms with Gasteiger partial charge in [0.25, 0.3) is 0 Å². The predicted molar refractivity (Wildman–Crippen MR) is 73.0 cm³/mol. The molecule has 1 heterocycles. The molecule has 1 fully saturated rings. The standard InChI is InChI=1S/C14H21N3O/c1-14(2)5-6-17(9-14)8-11-4-3-10(13(16)18)7-12(11)15/h3-4,7H,5-6,8-9,15H2,1-2H3,(H2,16,18). The lowest BCUT2D eigenvalue weighted by molar-refractivity contribution is 0.100. The van der Waals surface area contributed by atoms with Crippen molar-refractivity contribution in [3.63, 3.8) is 0 Å². The van der Waals surface area contributed by atoms with Crippen molar-refractivity contribution in [3.05, 3.63) is 29.3 Å². The Morgan fingerprint density at radius 3 is 2.67 bits per heavy atom. The Morgan fingerprint density at radius 2 is 2.17 bits per heavy atom. The smallest absolute Gasteiger partial charge is 0.248 e. The second-order valence-electron chi connectivity index (χ2n) is 5.90. The number of hydrogen-bond acceptors (Lipinski definition) is 3. The van der Waals surface area contributed by atoms with Gasteiger partial charge in [0.05, 0.1) is 0 Å². The van der Waals surface area contributed by atoms with Crippen molar-refractivity contribution in [2.75, 3.05) is 18.8 Å². The van der Waals surface area contributed by atoms with Gasteiger partial charge in [0.1, 0.15) is 0 Å². The van der Waals surface area contributed by atoms with Crippen molar-refractivity contribution in [2.45, 2.75) is 26.8 Å². The Hall–Kier alpha value is -1.55. The van der Waals surface area contributed by atoms with Crippen LogP contribution in [0.3, 0.4) is 0 Å². The van der Waals surface area contributed by atoms with E-state index in [1.165, 1.54) is 6.42 Å². The highest BCUT2D eigenvalue weighted by Crippen LogP contribution is 2.30. The van der Waals surface area contributed by atoms with E-state index in [0.29, 0.717) is 16.7 Å². The summed E-state index contributed by atoms with van der Waals surface area (Å²) in [7, 11) is 0. The number of amides is 1. The zero-order valence-corrected chi connectivity index (χ0v) is 11.1. The molecule has 0 saturated carbocycles. The molecule has 0 spiro atoms. The lowest BCUT2D eigenvalue weighted by Crippen LogP contribution is -2.23. The summed E-state index contributed by atoms with van der Waals surface area (Å²) in [5.74, 6) is -0.435. The molecule has 0 aromatic heterocycles. The third kappa shape index (κ3) is 2.82. The maximum atomic E-state index is 11.1. The molecule has 0 bridgehead atoms. The van der Waals surface area contributed by atoms with E-state index in [9.17, 15) is 4.79 Å². The van der Waals surface area contributed by atoms with E-state index in [1.54, 1.807) is 12.1 Å². The van der Waals surface area contributed by atoms with E-state index >= 15 is 0 Å². The number of benzene rings is 1.